The van der Waals surface area contributed by atoms with Crippen LogP contribution in [-0.2, 0) is 9.59 Å². The Morgan fingerprint density at radius 3 is 2.68 bits per heavy atom. The average Bonchev–Trinajstić information content (AvgIpc) is 3.03. The second-order valence-electron chi connectivity index (χ2n) is 5.79. The molecule has 0 saturated carbocycles. The highest BCUT2D eigenvalue weighted by molar-refractivity contribution is 8.15. The number of anilines is 1. The summed E-state index contributed by atoms with van der Waals surface area (Å²) in [6.07, 6.45) is 5.23. The molecule has 2 aromatic carbocycles. The number of nitrogens with zero attached hydrogens (tertiary/aromatic N) is 2. The Morgan fingerprint density at radius 1 is 1.18 bits per heavy atom. The van der Waals surface area contributed by atoms with Gasteiger partial charge in [0.05, 0.1) is 0 Å². The molecular formula is C20H17ClN4O2S. The van der Waals surface area contributed by atoms with Gasteiger partial charge in [0.1, 0.15) is 5.25 Å². The third-order valence-electron chi connectivity index (χ3n) is 3.66. The van der Waals surface area contributed by atoms with E-state index in [9.17, 15) is 9.59 Å². The topological polar surface area (TPSA) is 82.9 Å². The van der Waals surface area contributed by atoms with Gasteiger partial charge in [0.2, 0.25) is 11.8 Å². The summed E-state index contributed by atoms with van der Waals surface area (Å²) in [6, 6.07) is 16.6. The second kappa shape index (κ2) is 9.87. The van der Waals surface area contributed by atoms with Gasteiger partial charge in [-0.3, -0.25) is 9.59 Å². The lowest BCUT2D eigenvalue weighted by Gasteiger charge is -2.07. The summed E-state index contributed by atoms with van der Waals surface area (Å²) < 4.78 is 0. The zero-order chi connectivity index (χ0) is 19.8. The highest BCUT2D eigenvalue weighted by atomic mass is 35.5. The largest absolute Gasteiger partial charge is 0.326 e. The minimum absolute atomic E-state index is 0.0375. The summed E-state index contributed by atoms with van der Waals surface area (Å²) in [6.45, 7) is 0. The molecule has 2 aromatic rings. The molecular weight excluding hydrogens is 396 g/mol. The van der Waals surface area contributed by atoms with E-state index in [4.69, 9.17) is 11.6 Å². The van der Waals surface area contributed by atoms with E-state index in [0.717, 1.165) is 5.56 Å². The van der Waals surface area contributed by atoms with Gasteiger partial charge in [-0.1, -0.05) is 59.8 Å². The molecule has 1 heterocycles. The maximum atomic E-state index is 12.1. The van der Waals surface area contributed by atoms with Gasteiger partial charge in [0, 0.05) is 23.3 Å². The molecule has 2 N–H and O–H groups in total. The molecule has 0 aliphatic carbocycles. The van der Waals surface area contributed by atoms with E-state index >= 15 is 0 Å². The summed E-state index contributed by atoms with van der Waals surface area (Å²) in [5.41, 5.74) is 1.68. The number of amidine groups is 1. The van der Waals surface area contributed by atoms with Crippen molar-refractivity contribution in [3.8, 4) is 0 Å². The Kier molecular flexibility index (Phi) is 7.00. The minimum Gasteiger partial charge on any atom is -0.326 e. The molecule has 1 aliphatic rings. The number of benzene rings is 2. The summed E-state index contributed by atoms with van der Waals surface area (Å²) in [7, 11) is 0. The van der Waals surface area contributed by atoms with Crippen molar-refractivity contribution < 1.29 is 9.59 Å². The van der Waals surface area contributed by atoms with Crippen LogP contribution in [0.1, 0.15) is 12.0 Å². The highest BCUT2D eigenvalue weighted by Gasteiger charge is 2.32. The van der Waals surface area contributed by atoms with E-state index < -0.39 is 5.25 Å². The fraction of sp³-hybridized carbons (Fsp3) is 0.100. The van der Waals surface area contributed by atoms with E-state index in [1.54, 1.807) is 30.3 Å². The molecule has 3 rings (SSSR count). The Morgan fingerprint density at radius 2 is 1.93 bits per heavy atom. The summed E-state index contributed by atoms with van der Waals surface area (Å²) in [4.78, 5) is 24.1. The van der Waals surface area contributed by atoms with Gasteiger partial charge in [-0.2, -0.15) is 5.10 Å². The van der Waals surface area contributed by atoms with Crippen LogP contribution in [0, 0.1) is 0 Å². The van der Waals surface area contributed by atoms with Crippen molar-refractivity contribution in [3.63, 3.8) is 0 Å². The van der Waals surface area contributed by atoms with Crippen molar-refractivity contribution >= 4 is 58.3 Å². The lowest BCUT2D eigenvalue weighted by atomic mass is 10.2. The maximum absolute atomic E-state index is 12.1. The van der Waals surface area contributed by atoms with Gasteiger partial charge < -0.3 is 10.6 Å². The van der Waals surface area contributed by atoms with E-state index in [2.05, 4.69) is 20.8 Å². The average molecular weight is 413 g/mol. The molecule has 0 unspecified atom stereocenters. The number of amides is 2. The van der Waals surface area contributed by atoms with Crippen LogP contribution >= 0.6 is 23.4 Å². The van der Waals surface area contributed by atoms with Crippen LogP contribution in [0.5, 0.6) is 0 Å². The van der Waals surface area contributed by atoms with Crippen LogP contribution in [-0.4, -0.2) is 28.4 Å². The first-order chi connectivity index (χ1) is 13.6. The van der Waals surface area contributed by atoms with Crippen LogP contribution < -0.4 is 10.6 Å². The normalized spacial score (nSPS) is 18.1. The highest BCUT2D eigenvalue weighted by Crippen LogP contribution is 2.23. The first-order valence-corrected chi connectivity index (χ1v) is 9.71. The number of nitrogens with one attached hydrogen (secondary N) is 2. The third kappa shape index (κ3) is 6.07. The van der Waals surface area contributed by atoms with Gasteiger partial charge in [-0.05, 0) is 35.9 Å². The van der Waals surface area contributed by atoms with Crippen LogP contribution in [0.4, 0.5) is 5.69 Å². The maximum Gasteiger partial charge on any atom is 0.240 e. The number of hydrogen-bond acceptors (Lipinski definition) is 5. The molecule has 0 aromatic heterocycles. The van der Waals surface area contributed by atoms with Crippen molar-refractivity contribution in [3.05, 3.63) is 71.3 Å². The van der Waals surface area contributed by atoms with Crippen LogP contribution in [0.15, 0.2) is 70.9 Å². The van der Waals surface area contributed by atoms with E-state index in [1.165, 1.54) is 18.0 Å². The zero-order valence-electron chi connectivity index (χ0n) is 14.7. The molecule has 1 fully saturated rings. The lowest BCUT2D eigenvalue weighted by molar-refractivity contribution is -0.122. The monoisotopic (exact) mass is 412 g/mol. The second-order valence-corrected chi connectivity index (χ2v) is 7.42. The standard InChI is InChI=1S/C20H17ClN4O2S/c21-15-8-10-16(11-9-15)23-18(26)13-17-19(27)24-20(28-17)25-22-12-4-7-14-5-2-1-3-6-14/h1-12,17H,13H2,(H,23,26)(H,24,25,27)/b7-4+,22-12-/t17-/m1/s1. The summed E-state index contributed by atoms with van der Waals surface area (Å²) >= 11 is 7.00. The molecule has 6 nitrogen and oxygen atoms in total. The molecule has 1 atom stereocenters. The van der Waals surface area contributed by atoms with E-state index in [-0.39, 0.29) is 18.2 Å². The Bertz CT molecular complexity index is 927. The number of rotatable bonds is 6. The third-order valence-corrected chi connectivity index (χ3v) is 4.99. The lowest BCUT2D eigenvalue weighted by Crippen LogP contribution is -2.28. The molecule has 2 amide bonds. The van der Waals surface area contributed by atoms with Gasteiger partial charge in [-0.15, -0.1) is 5.10 Å². The molecule has 0 spiro atoms. The molecule has 1 saturated heterocycles. The quantitative estimate of drug-likeness (QED) is 0.556. The first-order valence-electron chi connectivity index (χ1n) is 8.46. The number of hydrogen-bond donors (Lipinski definition) is 2. The predicted molar refractivity (Wildman–Crippen MR) is 116 cm³/mol. The Hall–Kier alpha value is -2.90. The Balaban J connectivity index is 1.49. The van der Waals surface area contributed by atoms with Crippen molar-refractivity contribution in [2.75, 3.05) is 5.32 Å². The fourth-order valence-electron chi connectivity index (χ4n) is 2.34. The number of allylic oxidation sites excluding steroid dienone is 1. The minimum atomic E-state index is -0.541. The summed E-state index contributed by atoms with van der Waals surface area (Å²) in [5.74, 6) is -0.518. The van der Waals surface area contributed by atoms with Crippen molar-refractivity contribution in [2.45, 2.75) is 11.7 Å². The fourth-order valence-corrected chi connectivity index (χ4v) is 3.39. The van der Waals surface area contributed by atoms with Crippen LogP contribution in [0.2, 0.25) is 5.02 Å². The van der Waals surface area contributed by atoms with Gasteiger partial charge in [0.15, 0.2) is 5.17 Å². The number of halogens is 1. The van der Waals surface area contributed by atoms with Crippen LogP contribution in [0.3, 0.4) is 0 Å². The van der Waals surface area contributed by atoms with Crippen molar-refractivity contribution in [1.29, 1.82) is 0 Å². The Labute approximate surface area is 171 Å². The molecule has 28 heavy (non-hydrogen) atoms. The zero-order valence-corrected chi connectivity index (χ0v) is 16.3. The van der Waals surface area contributed by atoms with Gasteiger partial charge in [0.25, 0.3) is 0 Å². The summed E-state index contributed by atoms with van der Waals surface area (Å²) in [5, 5.41) is 13.7. The van der Waals surface area contributed by atoms with E-state index in [1.807, 2.05) is 36.4 Å². The SMILES string of the molecule is O=C(C[C@H]1S\C(=N/N=C\C=C\c2ccccc2)NC1=O)Nc1ccc(Cl)cc1. The number of thioether (sulfide) groups is 1. The molecule has 8 heteroatoms. The van der Waals surface area contributed by atoms with E-state index in [0.29, 0.717) is 15.9 Å². The first kappa shape index (κ1) is 19.9. The number of carbonyl (C=O) groups is 2. The molecule has 142 valence electrons. The van der Waals surface area contributed by atoms with Gasteiger partial charge >= 0.3 is 0 Å². The molecule has 1 aliphatic heterocycles. The van der Waals surface area contributed by atoms with Crippen molar-refractivity contribution in [1.82, 2.24) is 5.32 Å². The molecule has 0 radical (unpaired) electrons. The molecule has 0 bridgehead atoms. The smallest absolute Gasteiger partial charge is 0.240 e. The number of carbonyl (C=O) groups excluding carboxylic acids is 2. The van der Waals surface area contributed by atoms with Crippen LogP contribution in [0.25, 0.3) is 6.08 Å². The van der Waals surface area contributed by atoms with Crippen molar-refractivity contribution in [2.24, 2.45) is 10.2 Å². The van der Waals surface area contributed by atoms with Gasteiger partial charge in [-0.25, -0.2) is 0 Å². The predicted octanol–water partition coefficient (Wildman–Crippen LogP) is 3.96.